The number of ether oxygens (including phenoxy) is 3. The van der Waals surface area contributed by atoms with Crippen LogP contribution in [0.25, 0.3) is 0 Å². The van der Waals surface area contributed by atoms with E-state index in [4.69, 9.17) is 14.2 Å². The highest BCUT2D eigenvalue weighted by molar-refractivity contribution is 5.71. The third-order valence-corrected chi connectivity index (χ3v) is 13.4. The Bertz CT molecular complexity index is 1940. The molecule has 0 fully saturated rings. The maximum absolute atomic E-state index is 12.9. The summed E-state index contributed by atoms with van der Waals surface area (Å²) >= 11 is 0. The van der Waals surface area contributed by atoms with Crippen LogP contribution >= 0.6 is 0 Å². The quantitative estimate of drug-likeness (QED) is 0.0261. The molecule has 0 aromatic rings. The number of esters is 3. The minimum absolute atomic E-state index is 0.110. The van der Waals surface area contributed by atoms with E-state index in [0.29, 0.717) is 19.3 Å². The van der Waals surface area contributed by atoms with Gasteiger partial charge < -0.3 is 14.2 Å². The van der Waals surface area contributed by atoms with E-state index in [9.17, 15) is 14.4 Å². The van der Waals surface area contributed by atoms with E-state index in [0.717, 1.165) is 173 Å². The van der Waals surface area contributed by atoms with Gasteiger partial charge in [-0.05, 0) is 154 Å². The van der Waals surface area contributed by atoms with Gasteiger partial charge in [-0.15, -0.1) is 0 Å². The second-order valence-electron chi connectivity index (χ2n) is 21.3. The zero-order valence-corrected chi connectivity index (χ0v) is 53.1. The van der Waals surface area contributed by atoms with Crippen molar-refractivity contribution in [2.75, 3.05) is 13.2 Å². The first-order valence-electron chi connectivity index (χ1n) is 33.3. The summed E-state index contributed by atoms with van der Waals surface area (Å²) in [6, 6.07) is 0. The zero-order valence-electron chi connectivity index (χ0n) is 53.1. The predicted octanol–water partition coefficient (Wildman–Crippen LogP) is 23.2. The number of hydrogen-bond donors (Lipinski definition) is 0. The first-order valence-corrected chi connectivity index (χ1v) is 33.3. The summed E-state index contributed by atoms with van der Waals surface area (Å²) in [6.07, 6.45) is 103. The average molecular weight is 1140 g/mol. The van der Waals surface area contributed by atoms with Gasteiger partial charge in [0.05, 0.1) is 0 Å². The molecule has 0 N–H and O–H groups in total. The smallest absolute Gasteiger partial charge is 0.306 e. The van der Waals surface area contributed by atoms with Crippen LogP contribution in [0.3, 0.4) is 0 Å². The Morgan fingerprint density at radius 3 is 0.759 bits per heavy atom. The molecular formula is C77H120O6. The van der Waals surface area contributed by atoms with E-state index in [2.05, 4.69) is 203 Å². The maximum Gasteiger partial charge on any atom is 0.306 e. The molecule has 0 spiro atoms. The number of carbonyl (C=O) groups is 3. The molecule has 0 aliphatic heterocycles. The van der Waals surface area contributed by atoms with Gasteiger partial charge in [-0.1, -0.05) is 274 Å². The number of allylic oxidation sites excluding steroid dienone is 30. The molecule has 0 aromatic carbocycles. The van der Waals surface area contributed by atoms with Crippen LogP contribution in [0, 0.1) is 0 Å². The fourth-order valence-electron chi connectivity index (χ4n) is 8.46. The Morgan fingerprint density at radius 2 is 0.470 bits per heavy atom. The Balaban J connectivity index is 4.47. The zero-order chi connectivity index (χ0) is 59.9. The number of carbonyl (C=O) groups excluding carboxylic acids is 3. The van der Waals surface area contributed by atoms with Crippen molar-refractivity contribution in [2.45, 2.75) is 271 Å². The van der Waals surface area contributed by atoms with E-state index >= 15 is 0 Å². The molecule has 0 aliphatic carbocycles. The molecule has 0 aliphatic rings. The lowest BCUT2D eigenvalue weighted by Crippen LogP contribution is -2.30. The molecule has 6 heteroatoms. The lowest BCUT2D eigenvalue weighted by molar-refractivity contribution is -0.167. The van der Waals surface area contributed by atoms with Gasteiger partial charge in [0.15, 0.2) is 6.10 Å². The minimum Gasteiger partial charge on any atom is -0.462 e. The van der Waals surface area contributed by atoms with Crippen LogP contribution < -0.4 is 0 Å². The molecule has 0 aromatic heterocycles. The fourth-order valence-corrected chi connectivity index (χ4v) is 8.46. The molecule has 0 saturated carbocycles. The minimum atomic E-state index is -0.818. The van der Waals surface area contributed by atoms with E-state index < -0.39 is 6.10 Å². The van der Waals surface area contributed by atoms with Crippen molar-refractivity contribution in [1.82, 2.24) is 0 Å². The summed E-state index contributed by atoms with van der Waals surface area (Å²) in [7, 11) is 0. The van der Waals surface area contributed by atoms with Crippen molar-refractivity contribution in [1.29, 1.82) is 0 Å². The molecule has 1 atom stereocenters. The van der Waals surface area contributed by atoms with Gasteiger partial charge in [-0.2, -0.15) is 0 Å². The SMILES string of the molecule is CC/C=C\C/C=C\C/C=C\C/C=C\C/C=C\C/C=C\C/C=C\C/C=C\CCCCC(=O)OCC(COC(=O)CCCCCCC/C=C\C/C=C\CCC)OC(=O)CCCCCCCCCCC/C=C\C/C=C\C/C=C\C/C=C\C/C=C\CC. The third kappa shape index (κ3) is 67.2. The van der Waals surface area contributed by atoms with Gasteiger partial charge in [0, 0.05) is 19.3 Å². The van der Waals surface area contributed by atoms with Crippen LogP contribution in [-0.4, -0.2) is 37.2 Å². The Labute approximate surface area is 510 Å². The summed E-state index contributed by atoms with van der Waals surface area (Å²) in [6.45, 7) is 6.29. The molecular weight excluding hydrogens is 1020 g/mol. The van der Waals surface area contributed by atoms with Crippen LogP contribution in [0.4, 0.5) is 0 Å². The van der Waals surface area contributed by atoms with Crippen molar-refractivity contribution in [3.8, 4) is 0 Å². The largest absolute Gasteiger partial charge is 0.462 e. The highest BCUT2D eigenvalue weighted by atomic mass is 16.6. The molecule has 0 heterocycles. The predicted molar refractivity (Wildman–Crippen MR) is 361 cm³/mol. The van der Waals surface area contributed by atoms with Gasteiger partial charge in [0.25, 0.3) is 0 Å². The number of hydrogen-bond acceptors (Lipinski definition) is 6. The summed E-state index contributed by atoms with van der Waals surface area (Å²) in [5, 5.41) is 0. The summed E-state index contributed by atoms with van der Waals surface area (Å²) < 4.78 is 16.9. The molecule has 0 amide bonds. The van der Waals surface area contributed by atoms with E-state index in [1.807, 2.05) is 0 Å². The van der Waals surface area contributed by atoms with Crippen LogP contribution in [0.2, 0.25) is 0 Å². The molecule has 0 rings (SSSR count). The van der Waals surface area contributed by atoms with E-state index in [1.54, 1.807) is 0 Å². The third-order valence-electron chi connectivity index (χ3n) is 13.4. The Hall–Kier alpha value is -5.49. The van der Waals surface area contributed by atoms with Gasteiger partial charge in [-0.3, -0.25) is 14.4 Å². The molecule has 464 valence electrons. The molecule has 83 heavy (non-hydrogen) atoms. The molecule has 6 nitrogen and oxygen atoms in total. The Morgan fingerprint density at radius 1 is 0.253 bits per heavy atom. The molecule has 1 unspecified atom stereocenters. The Kier molecular flexibility index (Phi) is 64.4. The van der Waals surface area contributed by atoms with Crippen molar-refractivity contribution in [3.05, 3.63) is 182 Å². The van der Waals surface area contributed by atoms with Gasteiger partial charge >= 0.3 is 17.9 Å². The molecule has 0 saturated heterocycles. The first kappa shape index (κ1) is 77.5. The van der Waals surface area contributed by atoms with E-state index in [-0.39, 0.29) is 37.5 Å². The number of unbranched alkanes of at least 4 members (excludes halogenated alkanes) is 17. The van der Waals surface area contributed by atoms with Crippen LogP contribution in [0.5, 0.6) is 0 Å². The van der Waals surface area contributed by atoms with Crippen molar-refractivity contribution in [3.63, 3.8) is 0 Å². The highest BCUT2D eigenvalue weighted by Crippen LogP contribution is 2.14. The maximum atomic E-state index is 12.9. The lowest BCUT2D eigenvalue weighted by Gasteiger charge is -2.18. The van der Waals surface area contributed by atoms with Crippen molar-refractivity contribution in [2.24, 2.45) is 0 Å². The van der Waals surface area contributed by atoms with E-state index in [1.165, 1.54) is 44.9 Å². The number of rotatable bonds is 58. The highest BCUT2D eigenvalue weighted by Gasteiger charge is 2.19. The van der Waals surface area contributed by atoms with Gasteiger partial charge in [0.2, 0.25) is 0 Å². The second kappa shape index (κ2) is 69.0. The summed E-state index contributed by atoms with van der Waals surface area (Å²) in [5.41, 5.74) is 0. The van der Waals surface area contributed by atoms with Gasteiger partial charge in [0.1, 0.15) is 13.2 Å². The lowest BCUT2D eigenvalue weighted by atomic mass is 10.1. The molecule has 0 bridgehead atoms. The van der Waals surface area contributed by atoms with Crippen molar-refractivity contribution < 1.29 is 28.6 Å². The standard InChI is InChI=1S/C77H120O6/c1-4-7-10-13-16-19-22-25-27-29-31-33-35-37-38-40-41-43-45-47-49-52-55-58-61-64-67-70-76(79)82-73-74(72-81-75(78)69-66-63-60-57-54-51-24-21-18-15-12-9-6-3)83-77(80)71-68-65-62-59-56-53-50-48-46-44-42-39-36-34-32-30-28-26-23-20-17-14-11-8-5-2/h7-8,10-12,15-17,19-21,24-28,31-34,37-39,41-43,47,49,55,58,74H,4-6,9,13-14,18,22-23,29-30,35-36,40,44-46,48,50-54,56-57,59-73H2,1-3H3/b10-7-,11-8-,15-12-,19-16-,20-17-,24-21-,27-25-,28-26-,33-31-,34-32-,38-37-,42-39-,43-41-,49-47-,58-55-. The molecule has 0 radical (unpaired) electrons. The monoisotopic (exact) mass is 1140 g/mol. The summed E-state index contributed by atoms with van der Waals surface area (Å²) in [5.74, 6) is -0.980. The van der Waals surface area contributed by atoms with Crippen LogP contribution in [0.1, 0.15) is 265 Å². The second-order valence-corrected chi connectivity index (χ2v) is 21.3. The summed E-state index contributed by atoms with van der Waals surface area (Å²) in [4.78, 5) is 38.4. The van der Waals surface area contributed by atoms with Crippen LogP contribution in [-0.2, 0) is 28.6 Å². The average Bonchev–Trinajstić information content (AvgIpc) is 3.49. The topological polar surface area (TPSA) is 78.9 Å². The normalized spacial score (nSPS) is 13.3. The first-order chi connectivity index (χ1) is 41.0. The fraction of sp³-hybridized carbons (Fsp3) is 0.571. The van der Waals surface area contributed by atoms with Crippen molar-refractivity contribution >= 4 is 17.9 Å². The van der Waals surface area contributed by atoms with Crippen LogP contribution in [0.15, 0.2) is 182 Å². The van der Waals surface area contributed by atoms with Gasteiger partial charge in [-0.25, -0.2) is 0 Å².